The Hall–Kier alpha value is -2.36. The highest BCUT2D eigenvalue weighted by Crippen LogP contribution is 2.29. The van der Waals surface area contributed by atoms with E-state index >= 15 is 0 Å². The van der Waals surface area contributed by atoms with E-state index in [9.17, 15) is 23.3 Å². The average Bonchev–Trinajstić information content (AvgIpc) is 2.54. The van der Waals surface area contributed by atoms with Gasteiger partial charge in [0.1, 0.15) is 6.04 Å². The zero-order valence-electron chi connectivity index (χ0n) is 15.1. The summed E-state index contributed by atoms with van der Waals surface area (Å²) in [6.07, 6.45) is 0.949. The van der Waals surface area contributed by atoms with Crippen LogP contribution in [0, 0.1) is 17.0 Å². The van der Waals surface area contributed by atoms with Gasteiger partial charge in [-0.15, -0.1) is 0 Å². The molecule has 150 valence electrons. The van der Waals surface area contributed by atoms with E-state index in [1.807, 2.05) is 0 Å². The number of non-ortho nitro benzene ring substituents is 1. The molecule has 1 atom stereocenters. The van der Waals surface area contributed by atoms with Gasteiger partial charge in [0.15, 0.2) is 0 Å². The Bertz CT molecular complexity index is 1020. The Kier molecular flexibility index (Phi) is 6.53. The number of rotatable bonds is 6. The molecule has 1 N–H and O–H groups in total. The van der Waals surface area contributed by atoms with E-state index in [1.54, 1.807) is 6.92 Å². The Morgan fingerprint density at radius 2 is 1.75 bits per heavy atom. The van der Waals surface area contributed by atoms with Crippen molar-refractivity contribution in [3.05, 3.63) is 62.1 Å². The predicted molar refractivity (Wildman–Crippen MR) is 110 cm³/mol. The molecule has 2 rings (SSSR count). The molecule has 0 fully saturated rings. The maximum atomic E-state index is 12.7. The third kappa shape index (κ3) is 5.12. The van der Waals surface area contributed by atoms with Crippen molar-refractivity contribution in [2.45, 2.75) is 19.9 Å². The maximum absolute atomic E-state index is 12.7. The summed E-state index contributed by atoms with van der Waals surface area (Å²) >= 11 is 11.9. The van der Waals surface area contributed by atoms with Crippen molar-refractivity contribution in [2.75, 3.05) is 15.9 Å². The number of anilines is 2. The molecule has 8 nitrogen and oxygen atoms in total. The largest absolute Gasteiger partial charge is 0.324 e. The number of hydrogen-bond acceptors (Lipinski definition) is 5. The molecule has 0 aliphatic carbocycles. The molecule has 2 aromatic rings. The van der Waals surface area contributed by atoms with Crippen molar-refractivity contribution in [3.8, 4) is 0 Å². The van der Waals surface area contributed by atoms with Crippen LogP contribution in [0.1, 0.15) is 12.5 Å². The summed E-state index contributed by atoms with van der Waals surface area (Å²) < 4.78 is 25.5. The van der Waals surface area contributed by atoms with Crippen molar-refractivity contribution >= 4 is 56.2 Å². The molecule has 0 radical (unpaired) electrons. The molecular formula is C17H17Cl2N3O5S. The van der Waals surface area contributed by atoms with E-state index in [4.69, 9.17) is 23.2 Å². The summed E-state index contributed by atoms with van der Waals surface area (Å²) in [6.45, 7) is 3.05. The van der Waals surface area contributed by atoms with Gasteiger partial charge in [-0.2, -0.15) is 0 Å². The van der Waals surface area contributed by atoms with Gasteiger partial charge in [0.25, 0.3) is 5.69 Å². The minimum atomic E-state index is -3.87. The van der Waals surface area contributed by atoms with Gasteiger partial charge in [0.2, 0.25) is 15.9 Å². The number of nitro benzene ring substituents is 1. The highest BCUT2D eigenvalue weighted by Gasteiger charge is 2.30. The van der Waals surface area contributed by atoms with Crippen molar-refractivity contribution in [3.63, 3.8) is 0 Å². The zero-order valence-corrected chi connectivity index (χ0v) is 17.5. The first-order chi connectivity index (χ1) is 12.9. The van der Waals surface area contributed by atoms with Crippen LogP contribution in [0.15, 0.2) is 36.4 Å². The first-order valence-corrected chi connectivity index (χ1v) is 10.5. The highest BCUT2D eigenvalue weighted by molar-refractivity contribution is 7.92. The van der Waals surface area contributed by atoms with Gasteiger partial charge in [-0.3, -0.25) is 19.2 Å². The number of nitrogens with one attached hydrogen (secondary N) is 1. The van der Waals surface area contributed by atoms with E-state index in [1.165, 1.54) is 43.3 Å². The molecule has 28 heavy (non-hydrogen) atoms. The van der Waals surface area contributed by atoms with Crippen LogP contribution in [0.2, 0.25) is 10.0 Å². The van der Waals surface area contributed by atoms with E-state index in [-0.39, 0.29) is 27.1 Å². The third-order valence-electron chi connectivity index (χ3n) is 3.88. The van der Waals surface area contributed by atoms with Crippen LogP contribution in [0.5, 0.6) is 0 Å². The summed E-state index contributed by atoms with van der Waals surface area (Å²) in [4.78, 5) is 23.1. The molecule has 0 bridgehead atoms. The average molecular weight is 446 g/mol. The second-order valence-corrected chi connectivity index (χ2v) is 8.84. The van der Waals surface area contributed by atoms with Crippen LogP contribution >= 0.6 is 23.2 Å². The topological polar surface area (TPSA) is 110 Å². The van der Waals surface area contributed by atoms with Crippen molar-refractivity contribution in [2.24, 2.45) is 0 Å². The Labute approximate surface area is 172 Å². The van der Waals surface area contributed by atoms with Crippen LogP contribution in [-0.4, -0.2) is 31.5 Å². The van der Waals surface area contributed by atoms with Gasteiger partial charge in [0.05, 0.1) is 22.6 Å². The first kappa shape index (κ1) is 21.9. The minimum absolute atomic E-state index is 0.124. The fourth-order valence-corrected chi connectivity index (χ4v) is 4.24. The molecule has 0 heterocycles. The van der Waals surface area contributed by atoms with Gasteiger partial charge < -0.3 is 5.32 Å². The summed E-state index contributed by atoms with van der Waals surface area (Å²) in [6, 6.07) is 7.01. The van der Waals surface area contributed by atoms with Crippen LogP contribution in [0.3, 0.4) is 0 Å². The van der Waals surface area contributed by atoms with E-state index in [2.05, 4.69) is 5.32 Å². The van der Waals surface area contributed by atoms with E-state index in [0.717, 1.165) is 10.6 Å². The van der Waals surface area contributed by atoms with Crippen molar-refractivity contribution in [1.29, 1.82) is 0 Å². The van der Waals surface area contributed by atoms with Gasteiger partial charge in [0, 0.05) is 22.2 Å². The molecule has 0 aliphatic heterocycles. The lowest BCUT2D eigenvalue weighted by atomic mass is 10.1. The van der Waals surface area contributed by atoms with Crippen LogP contribution in [-0.2, 0) is 14.8 Å². The molecule has 0 aliphatic rings. The summed E-state index contributed by atoms with van der Waals surface area (Å²) in [5.41, 5.74) is 0.722. The fraction of sp³-hybridized carbons (Fsp3) is 0.235. The number of halogens is 2. The standard InChI is InChI=1S/C17H17Cl2N3O5S/c1-10-4-5-14(22(24)25)9-16(10)20-17(23)11(2)21(28(3,26)27)15-7-12(18)6-13(19)8-15/h4-9,11H,1-3H3,(H,20,23)/t11-/m1/s1. The first-order valence-electron chi connectivity index (χ1n) is 7.91. The van der Waals surface area contributed by atoms with Crippen LogP contribution < -0.4 is 9.62 Å². The lowest BCUT2D eigenvalue weighted by Crippen LogP contribution is -2.45. The second-order valence-electron chi connectivity index (χ2n) is 6.11. The van der Waals surface area contributed by atoms with Gasteiger partial charge in [-0.05, 0) is 37.6 Å². The quantitative estimate of drug-likeness (QED) is 0.533. The molecule has 0 spiro atoms. The number of aryl methyl sites for hydroxylation is 1. The summed E-state index contributed by atoms with van der Waals surface area (Å²) in [5, 5.41) is 13.9. The minimum Gasteiger partial charge on any atom is -0.324 e. The zero-order chi connectivity index (χ0) is 21.2. The lowest BCUT2D eigenvalue weighted by molar-refractivity contribution is -0.384. The number of hydrogen-bond donors (Lipinski definition) is 1. The molecule has 11 heteroatoms. The summed E-state index contributed by atoms with van der Waals surface area (Å²) in [5.74, 6) is -0.676. The van der Waals surface area contributed by atoms with Gasteiger partial charge in [-0.25, -0.2) is 8.42 Å². The molecule has 0 aromatic heterocycles. The summed E-state index contributed by atoms with van der Waals surface area (Å²) in [7, 11) is -3.87. The van der Waals surface area contributed by atoms with Crippen LogP contribution in [0.4, 0.5) is 17.1 Å². The van der Waals surface area contributed by atoms with E-state index in [0.29, 0.717) is 5.56 Å². The lowest BCUT2D eigenvalue weighted by Gasteiger charge is -2.28. The molecule has 1 amide bonds. The molecule has 0 saturated carbocycles. The normalized spacial score (nSPS) is 12.3. The van der Waals surface area contributed by atoms with E-state index < -0.39 is 26.9 Å². The number of amides is 1. The third-order valence-corrected chi connectivity index (χ3v) is 5.56. The van der Waals surface area contributed by atoms with Crippen molar-refractivity contribution < 1.29 is 18.1 Å². The number of nitrogens with zero attached hydrogens (tertiary/aromatic N) is 2. The van der Waals surface area contributed by atoms with Gasteiger partial charge >= 0.3 is 0 Å². The number of benzene rings is 2. The Balaban J connectivity index is 2.40. The molecule has 0 unspecified atom stereocenters. The highest BCUT2D eigenvalue weighted by atomic mass is 35.5. The van der Waals surface area contributed by atoms with Crippen molar-refractivity contribution in [1.82, 2.24) is 0 Å². The van der Waals surface area contributed by atoms with Crippen LogP contribution in [0.25, 0.3) is 0 Å². The number of carbonyl (C=O) groups excluding carboxylic acids is 1. The Morgan fingerprint density at radius 1 is 1.18 bits per heavy atom. The maximum Gasteiger partial charge on any atom is 0.271 e. The smallest absolute Gasteiger partial charge is 0.271 e. The van der Waals surface area contributed by atoms with Gasteiger partial charge in [-0.1, -0.05) is 29.3 Å². The fourth-order valence-electron chi connectivity index (χ4n) is 2.57. The number of sulfonamides is 1. The predicted octanol–water partition coefficient (Wildman–Crippen LogP) is 4.00. The molecule has 0 saturated heterocycles. The Morgan fingerprint density at radius 3 is 2.25 bits per heavy atom. The number of carbonyl (C=O) groups is 1. The second kappa shape index (κ2) is 8.34. The molecule has 2 aromatic carbocycles. The molecular weight excluding hydrogens is 429 g/mol. The monoisotopic (exact) mass is 445 g/mol. The number of nitro groups is 1. The SMILES string of the molecule is Cc1ccc([N+](=O)[O-])cc1NC(=O)[C@@H](C)N(c1cc(Cl)cc(Cl)c1)S(C)(=O)=O.